The molecule has 1 aromatic carbocycles. The third kappa shape index (κ3) is 3.66. The summed E-state index contributed by atoms with van der Waals surface area (Å²) >= 11 is 0. The summed E-state index contributed by atoms with van der Waals surface area (Å²) < 4.78 is 0. The van der Waals surface area contributed by atoms with Gasteiger partial charge in [-0.3, -0.25) is 0 Å². The fourth-order valence-electron chi connectivity index (χ4n) is 1.68. The monoisotopic (exact) mass is 235 g/mol. The molecule has 3 N–H and O–H groups in total. The van der Waals surface area contributed by atoms with Crippen molar-refractivity contribution in [1.82, 2.24) is 4.90 Å². The summed E-state index contributed by atoms with van der Waals surface area (Å²) in [6.07, 6.45) is 0. The van der Waals surface area contributed by atoms with Crippen molar-refractivity contribution < 1.29 is 4.79 Å². The zero-order valence-electron chi connectivity index (χ0n) is 10.9. The van der Waals surface area contributed by atoms with Gasteiger partial charge in [-0.1, -0.05) is 0 Å². The summed E-state index contributed by atoms with van der Waals surface area (Å²) in [7, 11) is 0. The van der Waals surface area contributed by atoms with E-state index < -0.39 is 0 Å². The number of nitrogens with zero attached hydrogens (tertiary/aromatic N) is 1. The number of nitrogens with one attached hydrogen (secondary N) is 1. The van der Waals surface area contributed by atoms with Gasteiger partial charge in [0, 0.05) is 23.5 Å². The predicted molar refractivity (Wildman–Crippen MR) is 72.0 cm³/mol. The Balaban J connectivity index is 2.74. The average Bonchev–Trinajstić information content (AvgIpc) is 2.20. The van der Waals surface area contributed by atoms with E-state index in [0.717, 1.165) is 5.69 Å². The topological polar surface area (TPSA) is 58.4 Å². The molecule has 1 aromatic rings. The third-order valence-electron chi connectivity index (χ3n) is 2.53. The van der Waals surface area contributed by atoms with Crippen LogP contribution in [0, 0.1) is 0 Å². The third-order valence-corrected chi connectivity index (χ3v) is 2.53. The van der Waals surface area contributed by atoms with E-state index in [1.807, 2.05) is 27.7 Å². The minimum atomic E-state index is -0.188. The van der Waals surface area contributed by atoms with Crippen LogP contribution in [0.25, 0.3) is 0 Å². The van der Waals surface area contributed by atoms with Gasteiger partial charge in [0.15, 0.2) is 0 Å². The molecule has 0 heterocycles. The number of amides is 2. The van der Waals surface area contributed by atoms with Crippen molar-refractivity contribution in [3.63, 3.8) is 0 Å². The zero-order valence-corrected chi connectivity index (χ0v) is 10.9. The predicted octanol–water partition coefficient (Wildman–Crippen LogP) is 2.92. The van der Waals surface area contributed by atoms with Gasteiger partial charge in [0.25, 0.3) is 0 Å². The normalized spacial score (nSPS) is 11.1. The van der Waals surface area contributed by atoms with Crippen molar-refractivity contribution in [2.45, 2.75) is 33.2 Å². The van der Waals surface area contributed by atoms with Gasteiger partial charge in [0.05, 0.1) is 0 Å². The highest BCUT2D eigenvalue weighted by molar-refractivity contribution is 5.89. The Morgan fingerprint density at radius 1 is 1.29 bits per heavy atom. The number of benzene rings is 1. The number of nitrogen functional groups attached to an aromatic ring is 1. The van der Waals surface area contributed by atoms with E-state index in [2.05, 4.69) is 5.32 Å². The Bertz CT molecular complexity index is 379. The van der Waals surface area contributed by atoms with E-state index in [1.165, 1.54) is 0 Å². The lowest BCUT2D eigenvalue weighted by atomic mass is 10.1. The van der Waals surface area contributed by atoms with Crippen molar-refractivity contribution >= 4 is 17.4 Å². The lowest BCUT2D eigenvalue weighted by Crippen LogP contribution is -2.47. The van der Waals surface area contributed by atoms with Gasteiger partial charge < -0.3 is 16.0 Å². The lowest BCUT2D eigenvalue weighted by Gasteiger charge is -2.34. The number of hydrogen-bond donors (Lipinski definition) is 2. The number of urea groups is 1. The van der Waals surface area contributed by atoms with Crippen LogP contribution in [0.1, 0.15) is 27.7 Å². The van der Waals surface area contributed by atoms with Crippen LogP contribution in [0.15, 0.2) is 24.3 Å². The van der Waals surface area contributed by atoms with E-state index in [1.54, 1.807) is 29.2 Å². The number of hydrogen-bond acceptors (Lipinski definition) is 2. The minimum absolute atomic E-state index is 0.0928. The van der Waals surface area contributed by atoms with Crippen LogP contribution in [0.5, 0.6) is 0 Å². The molecule has 0 unspecified atom stereocenters. The van der Waals surface area contributed by atoms with Crippen LogP contribution in [-0.2, 0) is 0 Å². The van der Waals surface area contributed by atoms with Crippen LogP contribution in [0.3, 0.4) is 0 Å². The first-order valence-corrected chi connectivity index (χ1v) is 5.78. The second-order valence-electron chi connectivity index (χ2n) is 4.97. The Morgan fingerprint density at radius 3 is 2.24 bits per heavy atom. The first kappa shape index (κ1) is 13.4. The molecular weight excluding hydrogens is 214 g/mol. The van der Waals surface area contributed by atoms with Crippen LogP contribution < -0.4 is 11.1 Å². The second-order valence-corrected chi connectivity index (χ2v) is 4.97. The Hall–Kier alpha value is -1.71. The molecule has 0 atom stereocenters. The van der Waals surface area contributed by atoms with Gasteiger partial charge in [-0.05, 0) is 52.0 Å². The molecule has 0 fully saturated rings. The summed E-state index contributed by atoms with van der Waals surface area (Å²) in [5, 5.41) is 2.86. The highest BCUT2D eigenvalue weighted by Gasteiger charge is 2.24. The molecule has 0 aliphatic heterocycles. The number of anilines is 2. The fourth-order valence-corrected chi connectivity index (χ4v) is 1.68. The molecule has 4 heteroatoms. The zero-order chi connectivity index (χ0) is 13.1. The SMILES string of the molecule is CCN(C(=O)Nc1ccc(N)cc1)C(C)(C)C. The Morgan fingerprint density at radius 2 is 1.82 bits per heavy atom. The largest absolute Gasteiger partial charge is 0.399 e. The van der Waals surface area contributed by atoms with Gasteiger partial charge >= 0.3 is 6.03 Å². The summed E-state index contributed by atoms with van der Waals surface area (Å²) in [5.74, 6) is 0. The lowest BCUT2D eigenvalue weighted by molar-refractivity contribution is 0.162. The van der Waals surface area contributed by atoms with E-state index in [4.69, 9.17) is 5.73 Å². The van der Waals surface area contributed by atoms with Crippen molar-refractivity contribution in [3.05, 3.63) is 24.3 Å². The first-order chi connectivity index (χ1) is 7.84. The van der Waals surface area contributed by atoms with Gasteiger partial charge in [-0.15, -0.1) is 0 Å². The molecule has 17 heavy (non-hydrogen) atoms. The highest BCUT2D eigenvalue weighted by atomic mass is 16.2. The molecule has 0 aliphatic carbocycles. The summed E-state index contributed by atoms with van der Waals surface area (Å²) in [6, 6.07) is 7.03. The number of nitrogens with two attached hydrogens (primary N) is 1. The molecule has 0 spiro atoms. The highest BCUT2D eigenvalue weighted by Crippen LogP contribution is 2.16. The van der Waals surface area contributed by atoms with Crippen LogP contribution >= 0.6 is 0 Å². The van der Waals surface area contributed by atoms with Crippen LogP contribution in [0.4, 0.5) is 16.2 Å². The molecule has 4 nitrogen and oxygen atoms in total. The van der Waals surface area contributed by atoms with E-state index in [-0.39, 0.29) is 11.6 Å². The fraction of sp³-hybridized carbons (Fsp3) is 0.462. The summed E-state index contributed by atoms with van der Waals surface area (Å²) in [6.45, 7) is 8.68. The first-order valence-electron chi connectivity index (χ1n) is 5.78. The van der Waals surface area contributed by atoms with Gasteiger partial charge in [0.2, 0.25) is 0 Å². The van der Waals surface area contributed by atoms with Crippen molar-refractivity contribution in [2.24, 2.45) is 0 Å². The quantitative estimate of drug-likeness (QED) is 0.774. The van der Waals surface area contributed by atoms with E-state index in [9.17, 15) is 4.79 Å². The van der Waals surface area contributed by atoms with Gasteiger partial charge in [0.1, 0.15) is 0 Å². The smallest absolute Gasteiger partial charge is 0.322 e. The number of rotatable bonds is 2. The number of carbonyl (C=O) groups excluding carboxylic acids is 1. The summed E-state index contributed by atoms with van der Waals surface area (Å²) in [5.41, 5.74) is 6.84. The van der Waals surface area contributed by atoms with Crippen molar-refractivity contribution in [3.8, 4) is 0 Å². The van der Waals surface area contributed by atoms with Crippen LogP contribution in [0.2, 0.25) is 0 Å². The number of carbonyl (C=O) groups is 1. The molecule has 0 aliphatic rings. The van der Waals surface area contributed by atoms with E-state index in [0.29, 0.717) is 12.2 Å². The van der Waals surface area contributed by atoms with Crippen molar-refractivity contribution in [2.75, 3.05) is 17.6 Å². The molecule has 94 valence electrons. The molecule has 0 bridgehead atoms. The van der Waals surface area contributed by atoms with E-state index >= 15 is 0 Å². The van der Waals surface area contributed by atoms with Crippen molar-refractivity contribution in [1.29, 1.82) is 0 Å². The van der Waals surface area contributed by atoms with Crippen LogP contribution in [-0.4, -0.2) is 23.0 Å². The maximum absolute atomic E-state index is 12.1. The standard InChI is InChI=1S/C13H21N3O/c1-5-16(13(2,3)4)12(17)15-11-8-6-10(14)7-9-11/h6-9H,5,14H2,1-4H3,(H,15,17). The average molecular weight is 235 g/mol. The molecule has 0 radical (unpaired) electrons. The Kier molecular flexibility index (Phi) is 3.99. The van der Waals surface area contributed by atoms with Gasteiger partial charge in [-0.25, -0.2) is 4.79 Å². The molecule has 0 aromatic heterocycles. The minimum Gasteiger partial charge on any atom is -0.399 e. The van der Waals surface area contributed by atoms with Gasteiger partial charge in [-0.2, -0.15) is 0 Å². The molecule has 1 rings (SSSR count). The Labute approximate surface area is 103 Å². The summed E-state index contributed by atoms with van der Waals surface area (Å²) in [4.78, 5) is 13.8. The maximum atomic E-state index is 12.1. The molecular formula is C13H21N3O. The molecule has 0 saturated heterocycles. The second kappa shape index (κ2) is 5.08. The molecule has 2 amide bonds. The maximum Gasteiger partial charge on any atom is 0.322 e. The molecule has 0 saturated carbocycles.